The fourth-order valence-electron chi connectivity index (χ4n) is 1.51. The zero-order valence-electron chi connectivity index (χ0n) is 8.05. The van der Waals surface area contributed by atoms with Crippen molar-refractivity contribution in [2.45, 2.75) is 39.0 Å². The van der Waals surface area contributed by atoms with Crippen LogP contribution in [-0.2, 0) is 4.79 Å². The predicted octanol–water partition coefficient (Wildman–Crippen LogP) is 2.91. The molecule has 0 heterocycles. The van der Waals surface area contributed by atoms with E-state index < -0.39 is 5.97 Å². The number of allylic oxidation sites excluding steroid dienone is 3. The molecule has 1 aliphatic rings. The number of carboxylic acid groups (broad SMARTS) is 1. The summed E-state index contributed by atoms with van der Waals surface area (Å²) >= 11 is 0. The van der Waals surface area contributed by atoms with Gasteiger partial charge in [-0.1, -0.05) is 18.1 Å². The molecule has 0 amide bonds. The average molecular weight is 180 g/mol. The van der Waals surface area contributed by atoms with Crippen molar-refractivity contribution < 1.29 is 9.90 Å². The maximum Gasteiger partial charge on any atom is 0.331 e. The number of rotatable bonds is 2. The van der Waals surface area contributed by atoms with E-state index in [9.17, 15) is 4.79 Å². The molecule has 2 heteroatoms. The van der Waals surface area contributed by atoms with Gasteiger partial charge in [-0.15, -0.1) is 0 Å². The van der Waals surface area contributed by atoms with Gasteiger partial charge < -0.3 is 5.11 Å². The summed E-state index contributed by atoms with van der Waals surface area (Å²) < 4.78 is 0. The van der Waals surface area contributed by atoms with Crippen LogP contribution < -0.4 is 0 Å². The number of hydrogen-bond donors (Lipinski definition) is 1. The maximum atomic E-state index is 10.6. The highest BCUT2D eigenvalue weighted by atomic mass is 16.4. The van der Waals surface area contributed by atoms with Crippen molar-refractivity contribution in [2.75, 3.05) is 0 Å². The summed E-state index contributed by atoms with van der Waals surface area (Å²) in [6.07, 6.45) is 9.79. The summed E-state index contributed by atoms with van der Waals surface area (Å²) in [5.41, 5.74) is 1.63. The molecule has 0 unspecified atom stereocenters. The van der Waals surface area contributed by atoms with Crippen LogP contribution in [0.4, 0.5) is 0 Å². The molecule has 0 atom stereocenters. The van der Waals surface area contributed by atoms with E-state index in [1.807, 2.05) is 0 Å². The highest BCUT2D eigenvalue weighted by Gasteiger charge is 2.03. The van der Waals surface area contributed by atoms with E-state index in [2.05, 4.69) is 6.08 Å². The summed E-state index contributed by atoms with van der Waals surface area (Å²) in [6, 6.07) is 0. The molecule has 1 rings (SSSR count). The fourth-order valence-corrected chi connectivity index (χ4v) is 1.51. The second kappa shape index (κ2) is 4.85. The minimum absolute atomic E-state index is 0.438. The van der Waals surface area contributed by atoms with Gasteiger partial charge in [-0.2, -0.15) is 0 Å². The Morgan fingerprint density at radius 3 is 2.92 bits per heavy atom. The number of carbonyl (C=O) groups is 1. The SMILES string of the molecule is C/C(=C\C1=CCCCCC1)C(=O)O. The Kier molecular flexibility index (Phi) is 3.74. The standard InChI is InChI=1S/C11H16O2/c1-9(11(12)13)8-10-6-4-2-3-5-7-10/h6,8H,2-5,7H2,1H3,(H,12,13)/b9-8+. The van der Waals surface area contributed by atoms with Gasteiger partial charge in [0.1, 0.15) is 0 Å². The van der Waals surface area contributed by atoms with Gasteiger partial charge in [0, 0.05) is 5.57 Å². The van der Waals surface area contributed by atoms with E-state index in [1.54, 1.807) is 13.0 Å². The van der Waals surface area contributed by atoms with E-state index in [0.29, 0.717) is 5.57 Å². The monoisotopic (exact) mass is 180 g/mol. The van der Waals surface area contributed by atoms with Crippen LogP contribution in [0.1, 0.15) is 39.0 Å². The molecule has 0 radical (unpaired) electrons. The van der Waals surface area contributed by atoms with Gasteiger partial charge in [0.25, 0.3) is 0 Å². The van der Waals surface area contributed by atoms with E-state index in [-0.39, 0.29) is 0 Å². The average Bonchev–Trinajstić information content (AvgIpc) is 2.32. The topological polar surface area (TPSA) is 37.3 Å². The quantitative estimate of drug-likeness (QED) is 0.663. The van der Waals surface area contributed by atoms with Crippen LogP contribution in [0.3, 0.4) is 0 Å². The van der Waals surface area contributed by atoms with E-state index in [0.717, 1.165) is 12.8 Å². The van der Waals surface area contributed by atoms with Crippen molar-refractivity contribution >= 4 is 5.97 Å². The molecule has 0 aliphatic heterocycles. The zero-order valence-corrected chi connectivity index (χ0v) is 8.05. The van der Waals surface area contributed by atoms with Gasteiger partial charge in [0.2, 0.25) is 0 Å². The highest BCUT2D eigenvalue weighted by molar-refractivity contribution is 5.86. The van der Waals surface area contributed by atoms with Crippen LogP contribution in [0.2, 0.25) is 0 Å². The first-order valence-corrected chi connectivity index (χ1v) is 4.81. The molecule has 0 fully saturated rings. The lowest BCUT2D eigenvalue weighted by molar-refractivity contribution is -0.132. The summed E-state index contributed by atoms with van der Waals surface area (Å²) in [6.45, 7) is 1.65. The molecule has 0 spiro atoms. The molecule has 2 nitrogen and oxygen atoms in total. The lowest BCUT2D eigenvalue weighted by Crippen LogP contribution is -1.96. The van der Waals surface area contributed by atoms with Gasteiger partial charge in [-0.25, -0.2) is 4.79 Å². The van der Waals surface area contributed by atoms with Gasteiger partial charge in [0.15, 0.2) is 0 Å². The van der Waals surface area contributed by atoms with Crippen LogP contribution in [0, 0.1) is 0 Å². The summed E-state index contributed by atoms with van der Waals surface area (Å²) in [7, 11) is 0. The Hall–Kier alpha value is -1.05. The molecule has 0 aromatic rings. The first-order valence-electron chi connectivity index (χ1n) is 4.81. The van der Waals surface area contributed by atoms with Gasteiger partial charge in [-0.05, 0) is 38.7 Å². The van der Waals surface area contributed by atoms with Crippen molar-refractivity contribution in [3.05, 3.63) is 23.3 Å². The number of carboxylic acids is 1. The molecule has 0 aromatic carbocycles. The van der Waals surface area contributed by atoms with Gasteiger partial charge in [-0.3, -0.25) is 0 Å². The van der Waals surface area contributed by atoms with E-state index in [4.69, 9.17) is 5.11 Å². The van der Waals surface area contributed by atoms with Crippen molar-refractivity contribution in [1.29, 1.82) is 0 Å². The van der Waals surface area contributed by atoms with Crippen LogP contribution in [-0.4, -0.2) is 11.1 Å². The van der Waals surface area contributed by atoms with Crippen LogP contribution in [0.15, 0.2) is 23.3 Å². The predicted molar refractivity (Wildman–Crippen MR) is 52.6 cm³/mol. The second-order valence-electron chi connectivity index (χ2n) is 3.51. The molecular weight excluding hydrogens is 164 g/mol. The molecule has 1 aliphatic carbocycles. The lowest BCUT2D eigenvalue weighted by atomic mass is 10.1. The molecule has 0 bridgehead atoms. The molecule has 72 valence electrons. The molecular formula is C11H16O2. The van der Waals surface area contributed by atoms with Crippen molar-refractivity contribution in [3.63, 3.8) is 0 Å². The zero-order chi connectivity index (χ0) is 9.68. The summed E-state index contributed by atoms with van der Waals surface area (Å²) in [4.78, 5) is 10.6. The summed E-state index contributed by atoms with van der Waals surface area (Å²) in [5, 5.41) is 8.69. The number of aliphatic carboxylic acids is 1. The van der Waals surface area contributed by atoms with Crippen molar-refractivity contribution in [3.8, 4) is 0 Å². The second-order valence-corrected chi connectivity index (χ2v) is 3.51. The minimum atomic E-state index is -0.815. The van der Waals surface area contributed by atoms with Crippen LogP contribution in [0.25, 0.3) is 0 Å². The fraction of sp³-hybridized carbons (Fsp3) is 0.545. The van der Waals surface area contributed by atoms with Crippen molar-refractivity contribution in [1.82, 2.24) is 0 Å². The largest absolute Gasteiger partial charge is 0.478 e. The van der Waals surface area contributed by atoms with E-state index in [1.165, 1.54) is 24.8 Å². The Morgan fingerprint density at radius 2 is 2.23 bits per heavy atom. The minimum Gasteiger partial charge on any atom is -0.478 e. The van der Waals surface area contributed by atoms with Crippen LogP contribution in [0.5, 0.6) is 0 Å². The Labute approximate surface area is 79.0 Å². The molecule has 1 N–H and O–H groups in total. The normalized spacial score (nSPS) is 19.2. The first kappa shape index (κ1) is 10.0. The van der Waals surface area contributed by atoms with E-state index >= 15 is 0 Å². The molecule has 0 aromatic heterocycles. The summed E-state index contributed by atoms with van der Waals surface area (Å²) in [5.74, 6) is -0.815. The third-order valence-electron chi connectivity index (χ3n) is 2.32. The molecule has 0 saturated heterocycles. The highest BCUT2D eigenvalue weighted by Crippen LogP contribution is 2.19. The van der Waals surface area contributed by atoms with Crippen molar-refractivity contribution in [2.24, 2.45) is 0 Å². The third-order valence-corrected chi connectivity index (χ3v) is 2.32. The number of hydrogen-bond acceptors (Lipinski definition) is 1. The maximum absolute atomic E-state index is 10.6. The Bertz CT molecular complexity index is 249. The Balaban J connectivity index is 2.65. The smallest absolute Gasteiger partial charge is 0.331 e. The molecule has 0 saturated carbocycles. The third kappa shape index (κ3) is 3.45. The van der Waals surface area contributed by atoms with Gasteiger partial charge >= 0.3 is 5.97 Å². The van der Waals surface area contributed by atoms with Gasteiger partial charge in [0.05, 0.1) is 0 Å². The Morgan fingerprint density at radius 1 is 1.46 bits per heavy atom. The molecule has 13 heavy (non-hydrogen) atoms. The van der Waals surface area contributed by atoms with Crippen LogP contribution >= 0.6 is 0 Å². The lowest BCUT2D eigenvalue weighted by Gasteiger charge is -1.98. The first-order chi connectivity index (χ1) is 6.20.